The minimum atomic E-state index is -1.06. The summed E-state index contributed by atoms with van der Waals surface area (Å²) in [5.74, 6) is 0.322. The maximum Gasteiger partial charge on any atom is 0.165 e. The summed E-state index contributed by atoms with van der Waals surface area (Å²) >= 11 is 0. The lowest BCUT2D eigenvalue weighted by Crippen LogP contribution is -2.27. The van der Waals surface area contributed by atoms with Crippen LogP contribution in [0.4, 0.5) is 5.82 Å². The van der Waals surface area contributed by atoms with Crippen LogP contribution in [-0.4, -0.2) is 44.9 Å². The molecule has 0 amide bonds. The number of rotatable bonds is 3. The van der Waals surface area contributed by atoms with Crippen molar-refractivity contribution in [2.45, 2.75) is 18.4 Å². The number of aliphatic imine (C=N–C) groups is 1. The second-order valence-corrected chi connectivity index (χ2v) is 3.91. The third-order valence-electron chi connectivity index (χ3n) is 2.67. The van der Waals surface area contributed by atoms with Crippen LogP contribution in [0.5, 0.6) is 0 Å². The molecule has 18 heavy (non-hydrogen) atoms. The number of nitrogens with two attached hydrogens (primary N) is 2. The maximum absolute atomic E-state index is 9.79. The number of hydrogen-bond donors (Lipinski definition) is 4. The molecule has 3 atom stereocenters. The van der Waals surface area contributed by atoms with Crippen molar-refractivity contribution in [3.8, 4) is 0 Å². The standard InChI is InChI=1S/C10H15N5O3/c1-5(12)7-9(13-3-11)15(4-14-7)10-8(17)6(16)2-18-10/h3-4,6,8,10,16-17H,1-2,12H2,(H2,11,13)/t6-,8+,10+/m0/s1. The van der Waals surface area contributed by atoms with Crippen LogP contribution >= 0.6 is 0 Å². The fourth-order valence-electron chi connectivity index (χ4n) is 1.80. The van der Waals surface area contributed by atoms with E-state index in [0.717, 1.165) is 6.34 Å². The number of aliphatic hydroxyl groups excluding tert-OH is 2. The zero-order valence-electron chi connectivity index (χ0n) is 9.60. The third kappa shape index (κ3) is 1.96. The van der Waals surface area contributed by atoms with E-state index in [0.29, 0.717) is 11.5 Å². The number of hydrogen-bond acceptors (Lipinski definition) is 6. The molecule has 8 nitrogen and oxygen atoms in total. The Balaban J connectivity index is 2.42. The van der Waals surface area contributed by atoms with Gasteiger partial charge < -0.3 is 26.4 Å². The van der Waals surface area contributed by atoms with Gasteiger partial charge in [0.15, 0.2) is 12.0 Å². The molecular formula is C10H15N5O3. The molecule has 0 spiro atoms. The molecular weight excluding hydrogens is 238 g/mol. The average molecular weight is 253 g/mol. The Morgan fingerprint density at radius 3 is 2.89 bits per heavy atom. The molecule has 1 aliphatic rings. The molecule has 1 fully saturated rings. The lowest BCUT2D eigenvalue weighted by atomic mass is 10.2. The van der Waals surface area contributed by atoms with Crippen molar-refractivity contribution in [1.29, 1.82) is 0 Å². The van der Waals surface area contributed by atoms with Crippen LogP contribution < -0.4 is 11.5 Å². The first-order valence-corrected chi connectivity index (χ1v) is 5.29. The molecule has 1 aromatic rings. The van der Waals surface area contributed by atoms with Crippen molar-refractivity contribution >= 4 is 17.9 Å². The normalized spacial score (nSPS) is 28.0. The van der Waals surface area contributed by atoms with E-state index in [9.17, 15) is 10.2 Å². The van der Waals surface area contributed by atoms with Crippen LogP contribution in [0.15, 0.2) is 17.9 Å². The highest BCUT2D eigenvalue weighted by Gasteiger charge is 2.37. The SMILES string of the molecule is C=C(N)c1ncn([C@@H]2OC[C@H](O)[C@H]2O)c1/N=C\N. The molecule has 6 N–H and O–H groups in total. The summed E-state index contributed by atoms with van der Waals surface area (Å²) in [5.41, 5.74) is 11.4. The van der Waals surface area contributed by atoms with Crippen LogP contribution in [0.2, 0.25) is 0 Å². The van der Waals surface area contributed by atoms with E-state index >= 15 is 0 Å². The topological polar surface area (TPSA) is 132 Å². The molecule has 0 saturated carbocycles. The third-order valence-corrected chi connectivity index (χ3v) is 2.67. The Hall–Kier alpha value is -1.90. The summed E-state index contributed by atoms with van der Waals surface area (Å²) in [5, 5.41) is 19.2. The lowest BCUT2D eigenvalue weighted by Gasteiger charge is -2.17. The van der Waals surface area contributed by atoms with Crippen LogP contribution in [0.1, 0.15) is 11.9 Å². The Morgan fingerprint density at radius 1 is 1.67 bits per heavy atom. The zero-order valence-corrected chi connectivity index (χ0v) is 9.60. The molecule has 8 heteroatoms. The Morgan fingerprint density at radius 2 is 2.39 bits per heavy atom. The van der Waals surface area contributed by atoms with Gasteiger partial charge in [0.25, 0.3) is 0 Å². The Kier molecular flexibility index (Phi) is 3.32. The predicted octanol–water partition coefficient (Wildman–Crippen LogP) is -1.32. The monoisotopic (exact) mass is 253 g/mol. The van der Waals surface area contributed by atoms with E-state index in [1.165, 1.54) is 10.9 Å². The van der Waals surface area contributed by atoms with E-state index in [1.54, 1.807) is 0 Å². The van der Waals surface area contributed by atoms with Crippen LogP contribution in [0, 0.1) is 0 Å². The molecule has 0 bridgehead atoms. The molecule has 1 aromatic heterocycles. The lowest BCUT2D eigenvalue weighted by molar-refractivity contribution is -0.0173. The van der Waals surface area contributed by atoms with Gasteiger partial charge in [0.2, 0.25) is 0 Å². The van der Waals surface area contributed by atoms with Gasteiger partial charge in [-0.05, 0) is 0 Å². The number of ether oxygens (including phenoxy) is 1. The van der Waals surface area contributed by atoms with Crippen LogP contribution in [0.25, 0.3) is 5.70 Å². The minimum Gasteiger partial charge on any atom is -0.397 e. The summed E-state index contributed by atoms with van der Waals surface area (Å²) < 4.78 is 6.74. The van der Waals surface area contributed by atoms with Gasteiger partial charge >= 0.3 is 0 Å². The van der Waals surface area contributed by atoms with Gasteiger partial charge in [0.05, 0.1) is 25.0 Å². The fraction of sp³-hybridized carbons (Fsp3) is 0.400. The van der Waals surface area contributed by atoms with Crippen molar-refractivity contribution in [3.05, 3.63) is 18.6 Å². The predicted molar refractivity (Wildman–Crippen MR) is 64.8 cm³/mol. The van der Waals surface area contributed by atoms with Gasteiger partial charge in [-0.1, -0.05) is 6.58 Å². The van der Waals surface area contributed by atoms with Gasteiger partial charge in [-0.15, -0.1) is 0 Å². The van der Waals surface area contributed by atoms with Gasteiger partial charge in [-0.25, -0.2) is 9.98 Å². The molecule has 0 aliphatic carbocycles. The molecule has 1 aliphatic heterocycles. The summed E-state index contributed by atoms with van der Waals surface area (Å²) in [6.45, 7) is 3.61. The van der Waals surface area contributed by atoms with Crippen molar-refractivity contribution in [2.75, 3.05) is 6.61 Å². The highest BCUT2D eigenvalue weighted by atomic mass is 16.5. The second-order valence-electron chi connectivity index (χ2n) is 3.91. The van der Waals surface area contributed by atoms with Crippen molar-refractivity contribution in [1.82, 2.24) is 9.55 Å². The number of nitrogens with zero attached hydrogens (tertiary/aromatic N) is 3. The van der Waals surface area contributed by atoms with Gasteiger partial charge in [0.1, 0.15) is 17.9 Å². The Bertz CT molecular complexity index is 484. The van der Waals surface area contributed by atoms with E-state index in [1.807, 2.05) is 0 Å². The highest BCUT2D eigenvalue weighted by Crippen LogP contribution is 2.31. The van der Waals surface area contributed by atoms with Crippen LogP contribution in [-0.2, 0) is 4.74 Å². The maximum atomic E-state index is 9.79. The Labute approximate surface area is 103 Å². The first kappa shape index (κ1) is 12.6. The van der Waals surface area contributed by atoms with Gasteiger partial charge in [-0.3, -0.25) is 4.57 Å². The molecule has 2 heterocycles. The van der Waals surface area contributed by atoms with Crippen molar-refractivity contribution in [2.24, 2.45) is 16.5 Å². The summed E-state index contributed by atoms with van der Waals surface area (Å²) in [6, 6.07) is 0. The molecule has 0 radical (unpaired) electrons. The zero-order chi connectivity index (χ0) is 13.3. The summed E-state index contributed by atoms with van der Waals surface area (Å²) in [6.07, 6.45) is -0.306. The number of aromatic nitrogens is 2. The first-order valence-electron chi connectivity index (χ1n) is 5.29. The summed E-state index contributed by atoms with van der Waals surface area (Å²) in [7, 11) is 0. The van der Waals surface area contributed by atoms with E-state index in [-0.39, 0.29) is 12.3 Å². The molecule has 2 rings (SSSR count). The van der Waals surface area contributed by atoms with E-state index < -0.39 is 18.4 Å². The number of imidazole rings is 1. The second kappa shape index (κ2) is 4.77. The quantitative estimate of drug-likeness (QED) is 0.390. The van der Waals surface area contributed by atoms with Crippen molar-refractivity contribution < 1.29 is 14.9 Å². The van der Waals surface area contributed by atoms with Gasteiger partial charge in [-0.2, -0.15) is 0 Å². The summed E-state index contributed by atoms with van der Waals surface area (Å²) in [4.78, 5) is 7.97. The molecule has 98 valence electrons. The smallest absolute Gasteiger partial charge is 0.165 e. The van der Waals surface area contributed by atoms with Gasteiger partial charge in [0, 0.05) is 0 Å². The first-order chi connectivity index (χ1) is 8.56. The highest BCUT2D eigenvalue weighted by molar-refractivity contribution is 5.69. The van der Waals surface area contributed by atoms with Crippen LogP contribution in [0.3, 0.4) is 0 Å². The number of aliphatic hydroxyl groups is 2. The fourth-order valence-corrected chi connectivity index (χ4v) is 1.80. The molecule has 0 aromatic carbocycles. The molecule has 1 saturated heterocycles. The largest absolute Gasteiger partial charge is 0.397 e. The minimum absolute atomic E-state index is 0.0364. The average Bonchev–Trinajstić information content (AvgIpc) is 2.86. The molecule has 0 unspecified atom stereocenters. The van der Waals surface area contributed by atoms with Crippen molar-refractivity contribution in [3.63, 3.8) is 0 Å². The van der Waals surface area contributed by atoms with E-state index in [4.69, 9.17) is 16.2 Å². The van der Waals surface area contributed by atoms with E-state index in [2.05, 4.69) is 16.6 Å².